The minimum Gasteiger partial charge on any atom is -0.365 e. The van der Waals surface area contributed by atoms with Crippen molar-refractivity contribution in [2.75, 3.05) is 5.32 Å². The molecule has 2 aromatic carbocycles. The van der Waals surface area contributed by atoms with E-state index < -0.39 is 29.7 Å². The van der Waals surface area contributed by atoms with Gasteiger partial charge in [0.15, 0.2) is 0 Å². The molecule has 1 heterocycles. The Morgan fingerprint density at radius 3 is 2.57 bits per heavy atom. The molecule has 1 aromatic heterocycles. The van der Waals surface area contributed by atoms with Gasteiger partial charge in [-0.1, -0.05) is 36.4 Å². The third-order valence-corrected chi connectivity index (χ3v) is 4.12. The van der Waals surface area contributed by atoms with Crippen LogP contribution < -0.4 is 16.6 Å². The number of aryl methyl sites for hydroxylation is 1. The number of primary amides is 1. The van der Waals surface area contributed by atoms with E-state index in [1.165, 1.54) is 18.2 Å². The first kappa shape index (κ1) is 19.0. The van der Waals surface area contributed by atoms with Crippen LogP contribution in [0.2, 0.25) is 0 Å². The van der Waals surface area contributed by atoms with Crippen LogP contribution in [0.3, 0.4) is 0 Å². The fraction of sp³-hybridized carbons (Fsp3) is 0.100. The molecule has 3 N–H and O–H groups in total. The van der Waals surface area contributed by atoms with Crippen molar-refractivity contribution in [3.05, 3.63) is 82.0 Å². The highest BCUT2D eigenvalue weighted by Crippen LogP contribution is 2.18. The van der Waals surface area contributed by atoms with Gasteiger partial charge in [0.25, 0.3) is 11.5 Å². The Kier molecular flexibility index (Phi) is 5.30. The van der Waals surface area contributed by atoms with Gasteiger partial charge in [-0.15, -0.1) is 0 Å². The van der Waals surface area contributed by atoms with Crippen LogP contribution in [-0.2, 0) is 11.3 Å². The maximum Gasteiger partial charge on any atom is 0.267 e. The monoisotopic (exact) mass is 380 g/mol. The first-order valence-corrected chi connectivity index (χ1v) is 8.38. The Morgan fingerprint density at radius 1 is 1.18 bits per heavy atom. The molecule has 2 amide bonds. The van der Waals surface area contributed by atoms with Crippen LogP contribution >= 0.6 is 0 Å². The van der Waals surface area contributed by atoms with Gasteiger partial charge in [0.05, 0.1) is 0 Å². The number of nitrogens with two attached hydrogens (primary N) is 1. The van der Waals surface area contributed by atoms with Crippen LogP contribution in [0, 0.1) is 12.7 Å². The summed E-state index contributed by atoms with van der Waals surface area (Å²) in [4.78, 5) is 40.9. The quantitative estimate of drug-likeness (QED) is 0.707. The fourth-order valence-corrected chi connectivity index (χ4v) is 2.69. The third kappa shape index (κ3) is 3.96. The molecule has 0 aliphatic carbocycles. The number of carbonyl (C=O) groups excluding carboxylic acids is 2. The average molecular weight is 380 g/mol. The van der Waals surface area contributed by atoms with Crippen LogP contribution in [0.15, 0.2) is 59.5 Å². The van der Waals surface area contributed by atoms with E-state index in [2.05, 4.69) is 10.3 Å². The number of carbonyl (C=O) groups is 2. The van der Waals surface area contributed by atoms with Crippen LogP contribution in [-0.4, -0.2) is 21.4 Å². The Morgan fingerprint density at radius 2 is 1.89 bits per heavy atom. The van der Waals surface area contributed by atoms with E-state index >= 15 is 0 Å². The number of anilines is 1. The molecule has 0 atom stereocenters. The molecule has 0 bridgehead atoms. The fourth-order valence-electron chi connectivity index (χ4n) is 2.69. The molecule has 142 valence electrons. The van der Waals surface area contributed by atoms with Gasteiger partial charge in [-0.3, -0.25) is 19.0 Å². The van der Waals surface area contributed by atoms with E-state index in [1.807, 2.05) is 0 Å². The topological polar surface area (TPSA) is 107 Å². The van der Waals surface area contributed by atoms with Gasteiger partial charge in [0, 0.05) is 17.4 Å². The van der Waals surface area contributed by atoms with Crippen molar-refractivity contribution < 1.29 is 14.0 Å². The first-order valence-electron chi connectivity index (χ1n) is 8.38. The Balaban J connectivity index is 2.00. The van der Waals surface area contributed by atoms with Crippen molar-refractivity contribution in [3.63, 3.8) is 0 Å². The van der Waals surface area contributed by atoms with Gasteiger partial charge in [0.2, 0.25) is 5.91 Å². The summed E-state index contributed by atoms with van der Waals surface area (Å²) >= 11 is 0. The average Bonchev–Trinajstić information content (AvgIpc) is 2.66. The van der Waals surface area contributed by atoms with E-state index in [-0.39, 0.29) is 11.4 Å². The number of nitrogens with one attached hydrogen (secondary N) is 1. The van der Waals surface area contributed by atoms with E-state index in [1.54, 1.807) is 37.3 Å². The highest BCUT2D eigenvalue weighted by molar-refractivity contribution is 5.93. The summed E-state index contributed by atoms with van der Waals surface area (Å²) in [5.74, 6) is -1.80. The number of aromatic nitrogens is 2. The van der Waals surface area contributed by atoms with E-state index in [0.29, 0.717) is 16.8 Å². The molecular formula is C20H17FN4O3. The van der Waals surface area contributed by atoms with E-state index in [0.717, 1.165) is 10.8 Å². The minimum absolute atomic E-state index is 0.210. The van der Waals surface area contributed by atoms with Crippen molar-refractivity contribution in [2.24, 2.45) is 5.73 Å². The number of halogens is 1. The van der Waals surface area contributed by atoms with E-state index in [4.69, 9.17) is 5.73 Å². The zero-order chi connectivity index (χ0) is 20.3. The number of rotatable bonds is 5. The summed E-state index contributed by atoms with van der Waals surface area (Å²) < 4.78 is 14.5. The van der Waals surface area contributed by atoms with Crippen molar-refractivity contribution in [2.45, 2.75) is 13.5 Å². The molecule has 0 unspecified atom stereocenters. The Hall–Kier alpha value is -3.81. The smallest absolute Gasteiger partial charge is 0.267 e. The van der Waals surface area contributed by atoms with Gasteiger partial charge >= 0.3 is 0 Å². The molecule has 3 rings (SSSR count). The number of nitrogens with zero attached hydrogens (tertiary/aromatic N) is 2. The van der Waals surface area contributed by atoms with Crippen molar-refractivity contribution >= 4 is 17.5 Å². The number of hydrogen-bond donors (Lipinski definition) is 2. The van der Waals surface area contributed by atoms with Crippen molar-refractivity contribution in [1.82, 2.24) is 9.55 Å². The lowest BCUT2D eigenvalue weighted by atomic mass is 10.2. The molecule has 7 nitrogen and oxygen atoms in total. The summed E-state index contributed by atoms with van der Waals surface area (Å²) in [5.41, 5.74) is 5.71. The molecule has 0 saturated carbocycles. The summed E-state index contributed by atoms with van der Waals surface area (Å²) in [6.07, 6.45) is 1.10. The number of amides is 2. The minimum atomic E-state index is -0.938. The Labute approximate surface area is 159 Å². The van der Waals surface area contributed by atoms with Gasteiger partial charge < -0.3 is 11.1 Å². The van der Waals surface area contributed by atoms with Gasteiger partial charge in [0.1, 0.15) is 23.7 Å². The second-order valence-electron chi connectivity index (χ2n) is 6.12. The van der Waals surface area contributed by atoms with Gasteiger partial charge in [-0.05, 0) is 24.6 Å². The highest BCUT2D eigenvalue weighted by Gasteiger charge is 2.18. The highest BCUT2D eigenvalue weighted by atomic mass is 19.1. The second kappa shape index (κ2) is 7.83. The molecule has 0 radical (unpaired) electrons. The summed E-state index contributed by atoms with van der Waals surface area (Å²) in [6, 6.07) is 12.7. The van der Waals surface area contributed by atoms with Crippen molar-refractivity contribution in [3.8, 4) is 11.4 Å². The lowest BCUT2D eigenvalue weighted by molar-refractivity contribution is -0.116. The van der Waals surface area contributed by atoms with Crippen LogP contribution in [0.5, 0.6) is 0 Å². The molecule has 0 fully saturated rings. The lowest BCUT2D eigenvalue weighted by Gasteiger charge is -2.14. The molecule has 0 aliphatic heterocycles. The van der Waals surface area contributed by atoms with Gasteiger partial charge in [-0.2, -0.15) is 0 Å². The van der Waals surface area contributed by atoms with Crippen LogP contribution in [0.25, 0.3) is 11.4 Å². The molecule has 0 spiro atoms. The summed E-state index contributed by atoms with van der Waals surface area (Å²) in [5, 5.41) is 2.57. The number of benzene rings is 2. The zero-order valence-corrected chi connectivity index (χ0v) is 15.0. The molecule has 28 heavy (non-hydrogen) atoms. The van der Waals surface area contributed by atoms with Crippen LogP contribution in [0.1, 0.15) is 15.9 Å². The third-order valence-electron chi connectivity index (χ3n) is 4.12. The maximum absolute atomic E-state index is 13.4. The molecular weight excluding hydrogens is 363 g/mol. The summed E-state index contributed by atoms with van der Waals surface area (Å²) in [7, 11) is 0. The predicted octanol–water partition coefficient (Wildman–Crippen LogP) is 2.10. The van der Waals surface area contributed by atoms with Crippen LogP contribution in [0.4, 0.5) is 10.1 Å². The molecule has 0 aliphatic rings. The molecule has 8 heteroatoms. The number of hydrogen-bond acceptors (Lipinski definition) is 4. The maximum atomic E-state index is 13.4. The largest absolute Gasteiger partial charge is 0.365 e. The second-order valence-corrected chi connectivity index (χ2v) is 6.12. The zero-order valence-electron chi connectivity index (χ0n) is 15.0. The van der Waals surface area contributed by atoms with Crippen molar-refractivity contribution in [1.29, 1.82) is 0 Å². The van der Waals surface area contributed by atoms with Gasteiger partial charge in [-0.25, -0.2) is 9.37 Å². The standard InChI is InChI=1S/C20H17FN4O3/c1-12-7-8-14(21)9-16(12)24-17(26)11-25-19(13-5-3-2-4-6-13)23-10-15(18(22)27)20(25)28/h2-10H,11H2,1H3,(H2,22,27)(H,24,26). The molecule has 3 aromatic rings. The normalized spacial score (nSPS) is 10.5. The molecule has 0 saturated heterocycles. The lowest BCUT2D eigenvalue weighted by Crippen LogP contribution is -2.34. The van der Waals surface area contributed by atoms with E-state index in [9.17, 15) is 18.8 Å². The SMILES string of the molecule is Cc1ccc(F)cc1NC(=O)Cn1c(-c2ccccc2)ncc(C(N)=O)c1=O. The summed E-state index contributed by atoms with van der Waals surface area (Å²) in [6.45, 7) is 1.29. The predicted molar refractivity (Wildman–Crippen MR) is 102 cm³/mol. The first-order chi connectivity index (χ1) is 13.4. The Bertz CT molecular complexity index is 1110.